The average molecular weight is 247 g/mol. The van der Waals surface area contributed by atoms with Crippen LogP contribution in [0.15, 0.2) is 18.2 Å². The van der Waals surface area contributed by atoms with E-state index in [-0.39, 0.29) is 0 Å². The minimum Gasteiger partial charge on any atom is -0.379 e. The van der Waals surface area contributed by atoms with Crippen LogP contribution in [0.2, 0.25) is 0 Å². The van der Waals surface area contributed by atoms with E-state index in [9.17, 15) is 5.11 Å². The van der Waals surface area contributed by atoms with E-state index in [1.807, 2.05) is 27.0 Å². The molecule has 0 bridgehead atoms. The van der Waals surface area contributed by atoms with Crippen molar-refractivity contribution in [2.45, 2.75) is 19.4 Å². The Morgan fingerprint density at radius 3 is 2.39 bits per heavy atom. The van der Waals surface area contributed by atoms with Crippen LogP contribution in [0.3, 0.4) is 0 Å². The van der Waals surface area contributed by atoms with Crippen LogP contribution < -0.4 is 0 Å². The van der Waals surface area contributed by atoms with Crippen molar-refractivity contribution in [1.29, 1.82) is 0 Å². The third-order valence-electron chi connectivity index (χ3n) is 3.53. The molecule has 0 aliphatic carbocycles. The van der Waals surface area contributed by atoms with Gasteiger partial charge in [0.25, 0.3) is 0 Å². The van der Waals surface area contributed by atoms with Gasteiger partial charge in [0.05, 0.1) is 18.9 Å². The lowest BCUT2D eigenvalue weighted by atomic mass is 9.98. The molecular weight excluding hydrogens is 230 g/mol. The van der Waals surface area contributed by atoms with Gasteiger partial charge in [0.1, 0.15) is 0 Å². The fraction of sp³-hybridized carbons (Fsp3) is 0.462. The number of hydrogen-bond donors (Lipinski definition) is 1. The van der Waals surface area contributed by atoms with E-state index in [0.717, 1.165) is 22.9 Å². The lowest BCUT2D eigenvalue weighted by Gasteiger charge is -2.35. The smallest absolute Gasteiger partial charge is 0.159 e. The maximum Gasteiger partial charge on any atom is 0.159 e. The van der Waals surface area contributed by atoms with Crippen molar-refractivity contribution in [2.75, 3.05) is 13.2 Å². The summed E-state index contributed by atoms with van der Waals surface area (Å²) in [5, 5.41) is 14.8. The van der Waals surface area contributed by atoms with Crippen LogP contribution in [0.25, 0.3) is 5.82 Å². The molecule has 5 nitrogen and oxygen atoms in total. The van der Waals surface area contributed by atoms with E-state index >= 15 is 0 Å². The summed E-state index contributed by atoms with van der Waals surface area (Å²) in [5.41, 5.74) is 2.19. The summed E-state index contributed by atoms with van der Waals surface area (Å²) in [6.45, 7) is 4.77. The third-order valence-corrected chi connectivity index (χ3v) is 3.53. The molecule has 0 aromatic carbocycles. The van der Waals surface area contributed by atoms with Gasteiger partial charge in [-0.1, -0.05) is 0 Å². The Morgan fingerprint density at radius 2 is 1.89 bits per heavy atom. The van der Waals surface area contributed by atoms with Crippen LogP contribution in [0.4, 0.5) is 0 Å². The molecular formula is C13H17N3O2. The normalized spacial score (nSPS) is 17.8. The topological polar surface area (TPSA) is 52.2 Å². The molecule has 0 atom stereocenters. The first-order valence-electron chi connectivity index (χ1n) is 6.01. The van der Waals surface area contributed by atoms with Gasteiger partial charge in [0.2, 0.25) is 0 Å². The van der Waals surface area contributed by atoms with Gasteiger partial charge in [0.15, 0.2) is 11.4 Å². The molecule has 3 heterocycles. The summed E-state index contributed by atoms with van der Waals surface area (Å²) in [4.78, 5) is 0. The Kier molecular flexibility index (Phi) is 2.36. The number of nitrogens with zero attached hydrogens (tertiary/aromatic N) is 3. The SMILES string of the molecule is Cc1ccc(C)n1-c1cc(C2(O)COC2)n(C)n1. The van der Waals surface area contributed by atoms with E-state index in [0.29, 0.717) is 13.2 Å². The summed E-state index contributed by atoms with van der Waals surface area (Å²) < 4.78 is 8.91. The first kappa shape index (κ1) is 11.5. The van der Waals surface area contributed by atoms with Crippen LogP contribution in [-0.2, 0) is 17.4 Å². The summed E-state index contributed by atoms with van der Waals surface area (Å²) in [5.74, 6) is 0.841. The zero-order chi connectivity index (χ0) is 12.9. The van der Waals surface area contributed by atoms with Crippen molar-refractivity contribution in [2.24, 2.45) is 7.05 Å². The molecule has 0 spiro atoms. The number of ether oxygens (including phenoxy) is 1. The van der Waals surface area contributed by atoms with Crippen LogP contribution in [0, 0.1) is 13.8 Å². The quantitative estimate of drug-likeness (QED) is 0.863. The van der Waals surface area contributed by atoms with Crippen LogP contribution in [0.5, 0.6) is 0 Å². The fourth-order valence-electron chi connectivity index (χ4n) is 2.47. The predicted octanol–water partition coefficient (Wildman–Crippen LogP) is 1.05. The van der Waals surface area contributed by atoms with Crippen LogP contribution in [0.1, 0.15) is 17.1 Å². The number of aliphatic hydroxyl groups is 1. The van der Waals surface area contributed by atoms with Gasteiger partial charge in [-0.05, 0) is 26.0 Å². The van der Waals surface area contributed by atoms with E-state index in [4.69, 9.17) is 4.74 Å². The van der Waals surface area contributed by atoms with Crippen molar-refractivity contribution in [1.82, 2.24) is 14.3 Å². The third kappa shape index (κ3) is 1.51. The second-order valence-electron chi connectivity index (χ2n) is 4.99. The van der Waals surface area contributed by atoms with Gasteiger partial charge in [-0.25, -0.2) is 0 Å². The maximum absolute atomic E-state index is 10.3. The molecule has 1 aliphatic heterocycles. The number of hydrogen-bond acceptors (Lipinski definition) is 3. The highest BCUT2D eigenvalue weighted by atomic mass is 16.5. The van der Waals surface area contributed by atoms with Gasteiger partial charge in [0, 0.05) is 24.5 Å². The number of aromatic nitrogens is 3. The van der Waals surface area contributed by atoms with E-state index in [2.05, 4.69) is 21.8 Å². The number of rotatable bonds is 2. The van der Waals surface area contributed by atoms with Crippen molar-refractivity contribution < 1.29 is 9.84 Å². The zero-order valence-corrected chi connectivity index (χ0v) is 10.8. The Balaban J connectivity index is 2.08. The molecule has 0 unspecified atom stereocenters. The van der Waals surface area contributed by atoms with Crippen molar-refractivity contribution >= 4 is 0 Å². The predicted molar refractivity (Wildman–Crippen MR) is 66.7 cm³/mol. The second kappa shape index (κ2) is 3.70. The van der Waals surface area contributed by atoms with Crippen LogP contribution in [-0.4, -0.2) is 32.7 Å². The summed E-state index contributed by atoms with van der Waals surface area (Å²) in [6.07, 6.45) is 0. The lowest BCUT2D eigenvalue weighted by Crippen LogP contribution is -2.47. The highest BCUT2D eigenvalue weighted by Crippen LogP contribution is 2.30. The fourth-order valence-corrected chi connectivity index (χ4v) is 2.47. The molecule has 0 saturated carbocycles. The first-order valence-corrected chi connectivity index (χ1v) is 6.01. The summed E-state index contributed by atoms with van der Waals surface area (Å²) in [6, 6.07) is 6.05. The molecule has 2 aromatic heterocycles. The minimum absolute atomic E-state index is 0.343. The van der Waals surface area contributed by atoms with Gasteiger partial charge < -0.3 is 14.4 Å². The zero-order valence-electron chi connectivity index (χ0n) is 10.8. The lowest BCUT2D eigenvalue weighted by molar-refractivity contribution is -0.188. The average Bonchev–Trinajstić information content (AvgIpc) is 2.80. The van der Waals surface area contributed by atoms with Gasteiger partial charge in [-0.15, -0.1) is 0 Å². The second-order valence-corrected chi connectivity index (χ2v) is 4.99. The van der Waals surface area contributed by atoms with Gasteiger partial charge in [-0.3, -0.25) is 4.68 Å². The maximum atomic E-state index is 10.3. The van der Waals surface area contributed by atoms with Crippen molar-refractivity contribution in [3.8, 4) is 5.82 Å². The van der Waals surface area contributed by atoms with Gasteiger partial charge in [-0.2, -0.15) is 5.10 Å². The molecule has 1 N–H and O–H groups in total. The van der Waals surface area contributed by atoms with Crippen LogP contribution >= 0.6 is 0 Å². The standard InChI is InChI=1S/C13H17N3O2/c1-9-4-5-10(2)16(9)12-6-11(15(3)14-12)13(17)7-18-8-13/h4-6,17H,7-8H2,1-3H3. The molecule has 5 heteroatoms. The molecule has 1 fully saturated rings. The molecule has 0 radical (unpaired) electrons. The Bertz CT molecular complexity index is 574. The highest BCUT2D eigenvalue weighted by Gasteiger charge is 2.41. The molecule has 0 amide bonds. The largest absolute Gasteiger partial charge is 0.379 e. The van der Waals surface area contributed by atoms with Gasteiger partial charge >= 0.3 is 0 Å². The molecule has 1 aliphatic rings. The molecule has 2 aromatic rings. The van der Waals surface area contributed by atoms with E-state index in [1.54, 1.807) is 4.68 Å². The van der Waals surface area contributed by atoms with Crippen molar-refractivity contribution in [3.63, 3.8) is 0 Å². The monoisotopic (exact) mass is 247 g/mol. The summed E-state index contributed by atoms with van der Waals surface area (Å²) >= 11 is 0. The van der Waals surface area contributed by atoms with Crippen molar-refractivity contribution in [3.05, 3.63) is 35.3 Å². The Labute approximate surface area is 106 Å². The Hall–Kier alpha value is -1.59. The Morgan fingerprint density at radius 1 is 1.28 bits per heavy atom. The van der Waals surface area contributed by atoms with E-state index in [1.165, 1.54) is 0 Å². The molecule has 1 saturated heterocycles. The molecule has 96 valence electrons. The molecule has 18 heavy (non-hydrogen) atoms. The van der Waals surface area contributed by atoms with E-state index < -0.39 is 5.60 Å². The highest BCUT2D eigenvalue weighted by molar-refractivity contribution is 5.35. The molecule has 3 rings (SSSR count). The summed E-state index contributed by atoms with van der Waals surface area (Å²) in [7, 11) is 1.85. The first-order chi connectivity index (χ1) is 8.51. The number of aryl methyl sites for hydroxylation is 3. The minimum atomic E-state index is -0.880.